The molecule has 0 aliphatic carbocycles. The van der Waals surface area contributed by atoms with Crippen LogP contribution in [0.4, 0.5) is 4.79 Å². The van der Waals surface area contributed by atoms with E-state index in [2.05, 4.69) is 16.4 Å². The monoisotopic (exact) mass is 185 g/mol. The van der Waals surface area contributed by atoms with Crippen molar-refractivity contribution in [1.82, 2.24) is 4.72 Å². The van der Waals surface area contributed by atoms with E-state index in [1.807, 2.05) is 0 Å². The third-order valence-corrected chi connectivity index (χ3v) is 1.19. The van der Waals surface area contributed by atoms with E-state index in [0.29, 0.717) is 0 Å². The third kappa shape index (κ3) is 5.70. The number of carbonyl (C=O) groups is 1. The Balaban J connectivity index is 3.82. The van der Waals surface area contributed by atoms with Crippen LogP contribution in [0.3, 0.4) is 0 Å². The molecule has 0 atom stereocenters. The highest BCUT2D eigenvalue weighted by molar-refractivity contribution is 8.62. The van der Waals surface area contributed by atoms with E-state index in [0.717, 1.165) is 0 Å². The summed E-state index contributed by atoms with van der Waals surface area (Å²) in [6.45, 7) is 1.68. The molecule has 0 radical (unpaired) electrons. The summed E-state index contributed by atoms with van der Waals surface area (Å²) in [5.41, 5.74) is 0. The highest BCUT2D eigenvalue weighted by atomic mass is 33.1. The third-order valence-electron chi connectivity index (χ3n) is 0.488. The molecule has 7 heteroatoms. The lowest BCUT2D eigenvalue weighted by atomic mass is 10.9. The Labute approximate surface area is 63.6 Å². The number of carbonyl (C=O) groups excluding carboxylic acids is 1. The van der Waals surface area contributed by atoms with Crippen LogP contribution >= 0.6 is 11.7 Å². The van der Waals surface area contributed by atoms with Gasteiger partial charge in [-0.2, -0.15) is 8.42 Å². The van der Waals surface area contributed by atoms with Gasteiger partial charge in [-0.1, -0.05) is 0 Å². The zero-order chi connectivity index (χ0) is 8.20. The molecule has 0 aromatic rings. The van der Waals surface area contributed by atoms with Crippen LogP contribution in [-0.4, -0.2) is 21.1 Å². The zero-order valence-corrected chi connectivity index (χ0v) is 6.91. The molecule has 0 aromatic heterocycles. The molecule has 0 spiro atoms. The van der Waals surface area contributed by atoms with E-state index in [1.165, 1.54) is 4.72 Å². The average molecular weight is 185 g/mol. The smallest absolute Gasteiger partial charge is 0.421 e. The van der Waals surface area contributed by atoms with Crippen molar-refractivity contribution in [3.63, 3.8) is 0 Å². The minimum Gasteiger partial charge on any atom is -0.449 e. The normalized spacial score (nSPS) is 10.6. The zero-order valence-electron chi connectivity index (χ0n) is 5.20. The van der Waals surface area contributed by atoms with Crippen LogP contribution in [0, 0.1) is 0 Å². The summed E-state index contributed by atoms with van der Waals surface area (Å²) in [6.07, 6.45) is -1.02. The SMILES string of the molecule is CCOC(=O)NS(=O)(=O)S. The highest BCUT2D eigenvalue weighted by Gasteiger charge is 2.07. The fourth-order valence-electron chi connectivity index (χ4n) is 0.266. The predicted molar refractivity (Wildman–Crippen MR) is 38.1 cm³/mol. The van der Waals surface area contributed by atoms with Gasteiger partial charge in [0.15, 0.2) is 0 Å². The summed E-state index contributed by atoms with van der Waals surface area (Å²) in [5, 5.41) is 0. The predicted octanol–water partition coefficient (Wildman–Crippen LogP) is -0.0929. The summed E-state index contributed by atoms with van der Waals surface area (Å²) >= 11 is 3.05. The van der Waals surface area contributed by atoms with Gasteiger partial charge in [0, 0.05) is 0 Å². The maximum absolute atomic E-state index is 10.3. The molecule has 0 heterocycles. The Hall–Kier alpha value is -0.430. The van der Waals surface area contributed by atoms with Gasteiger partial charge in [0.05, 0.1) is 6.61 Å². The molecule has 0 unspecified atom stereocenters. The maximum atomic E-state index is 10.3. The number of hydrogen-bond donors (Lipinski definition) is 2. The molecule has 0 rings (SSSR count). The minimum absolute atomic E-state index is 0.120. The molecular weight excluding hydrogens is 178 g/mol. The van der Waals surface area contributed by atoms with E-state index in [1.54, 1.807) is 6.92 Å². The van der Waals surface area contributed by atoms with Crippen LogP contribution in [-0.2, 0) is 13.8 Å². The molecule has 0 bridgehead atoms. The van der Waals surface area contributed by atoms with Crippen molar-refractivity contribution in [2.45, 2.75) is 6.92 Å². The van der Waals surface area contributed by atoms with Crippen molar-refractivity contribution in [2.75, 3.05) is 6.61 Å². The second-order valence-electron chi connectivity index (χ2n) is 1.30. The molecule has 0 aromatic carbocycles. The molecule has 60 valence electrons. The number of thiol groups is 1. The molecule has 0 saturated carbocycles. The van der Waals surface area contributed by atoms with Crippen molar-refractivity contribution >= 4 is 26.8 Å². The molecule has 0 fully saturated rings. The topological polar surface area (TPSA) is 72.5 Å². The maximum Gasteiger partial charge on any atom is 0.421 e. The van der Waals surface area contributed by atoms with Crippen molar-refractivity contribution in [2.24, 2.45) is 0 Å². The van der Waals surface area contributed by atoms with Crippen LogP contribution < -0.4 is 4.72 Å². The standard InChI is InChI=1S/C3H7NO4S2/c1-2-8-3(5)4-10(6,7)9/h2H2,1H3,(H,4,5)(H,6,7,9). The highest BCUT2D eigenvalue weighted by Crippen LogP contribution is 1.89. The van der Waals surface area contributed by atoms with E-state index >= 15 is 0 Å². The molecule has 0 saturated heterocycles. The van der Waals surface area contributed by atoms with Gasteiger partial charge in [-0.15, -0.1) is 0 Å². The Bertz CT molecular complexity index is 209. The Morgan fingerprint density at radius 2 is 2.20 bits per heavy atom. The molecule has 1 N–H and O–H groups in total. The molecule has 10 heavy (non-hydrogen) atoms. The van der Waals surface area contributed by atoms with Crippen LogP contribution in [0.2, 0.25) is 0 Å². The summed E-state index contributed by atoms with van der Waals surface area (Å²) in [7, 11) is -3.78. The van der Waals surface area contributed by atoms with Crippen LogP contribution in [0.5, 0.6) is 0 Å². The lowest BCUT2D eigenvalue weighted by molar-refractivity contribution is 0.159. The Morgan fingerprint density at radius 3 is 2.50 bits per heavy atom. The molecule has 5 nitrogen and oxygen atoms in total. The van der Waals surface area contributed by atoms with E-state index in [9.17, 15) is 13.2 Å². The van der Waals surface area contributed by atoms with E-state index < -0.39 is 15.1 Å². The van der Waals surface area contributed by atoms with Crippen LogP contribution in [0.1, 0.15) is 6.92 Å². The van der Waals surface area contributed by atoms with Gasteiger partial charge < -0.3 is 4.74 Å². The van der Waals surface area contributed by atoms with Gasteiger partial charge in [0.1, 0.15) is 0 Å². The molecular formula is C3H7NO4S2. The lowest BCUT2D eigenvalue weighted by Crippen LogP contribution is -2.27. The van der Waals surface area contributed by atoms with Crippen molar-refractivity contribution in [1.29, 1.82) is 0 Å². The number of amides is 1. The lowest BCUT2D eigenvalue weighted by Gasteiger charge is -1.99. The summed E-state index contributed by atoms with van der Waals surface area (Å²) in [4.78, 5) is 10.3. The van der Waals surface area contributed by atoms with Gasteiger partial charge in [-0.25, -0.2) is 9.52 Å². The minimum atomic E-state index is -3.78. The largest absolute Gasteiger partial charge is 0.449 e. The van der Waals surface area contributed by atoms with E-state index in [-0.39, 0.29) is 6.61 Å². The number of ether oxygens (including phenoxy) is 1. The first-order valence-electron chi connectivity index (χ1n) is 2.37. The summed E-state index contributed by atoms with van der Waals surface area (Å²) < 4.78 is 26.1. The van der Waals surface area contributed by atoms with Gasteiger partial charge in [-0.05, 0) is 18.6 Å². The molecule has 0 aliphatic heterocycles. The van der Waals surface area contributed by atoms with Gasteiger partial charge in [-0.3, -0.25) is 0 Å². The number of rotatable bonds is 2. The second-order valence-corrected chi connectivity index (χ2v) is 3.89. The first kappa shape index (κ1) is 9.57. The first-order valence-corrected chi connectivity index (χ1v) is 4.91. The second kappa shape index (κ2) is 3.67. The summed E-state index contributed by atoms with van der Waals surface area (Å²) in [5.74, 6) is 0. The average Bonchev–Trinajstić information content (AvgIpc) is 1.59. The van der Waals surface area contributed by atoms with Gasteiger partial charge in [0.25, 0.3) is 9.06 Å². The fourth-order valence-corrected chi connectivity index (χ4v) is 0.759. The molecule has 0 aliphatic rings. The van der Waals surface area contributed by atoms with Crippen molar-refractivity contribution in [3.8, 4) is 0 Å². The van der Waals surface area contributed by atoms with E-state index in [4.69, 9.17) is 0 Å². The Kier molecular flexibility index (Phi) is 3.51. The number of nitrogens with one attached hydrogen (secondary N) is 1. The van der Waals surface area contributed by atoms with Gasteiger partial charge >= 0.3 is 6.09 Å². The quantitative estimate of drug-likeness (QED) is 0.465. The van der Waals surface area contributed by atoms with Gasteiger partial charge in [0.2, 0.25) is 0 Å². The van der Waals surface area contributed by atoms with Crippen LogP contribution in [0.25, 0.3) is 0 Å². The van der Waals surface area contributed by atoms with Crippen molar-refractivity contribution < 1.29 is 17.9 Å². The summed E-state index contributed by atoms with van der Waals surface area (Å²) in [6, 6.07) is 0. The van der Waals surface area contributed by atoms with Crippen LogP contribution in [0.15, 0.2) is 0 Å². The fraction of sp³-hybridized carbons (Fsp3) is 0.667. The molecule has 1 amide bonds. The van der Waals surface area contributed by atoms with Crippen molar-refractivity contribution in [3.05, 3.63) is 0 Å². The first-order chi connectivity index (χ1) is 4.45. The Morgan fingerprint density at radius 1 is 1.70 bits per heavy atom. The number of hydrogen-bond acceptors (Lipinski definition) is 4.